The Labute approximate surface area is 195 Å². The highest BCUT2D eigenvalue weighted by Gasteiger charge is 2.21. The molecule has 176 valence electrons. The summed E-state index contributed by atoms with van der Waals surface area (Å²) in [5.41, 5.74) is 2.09. The predicted molar refractivity (Wildman–Crippen MR) is 132 cm³/mol. The molecule has 1 saturated carbocycles. The first-order chi connectivity index (χ1) is 15.7. The van der Waals surface area contributed by atoms with Crippen molar-refractivity contribution in [3.05, 3.63) is 54.1 Å². The van der Waals surface area contributed by atoms with E-state index in [1.807, 2.05) is 20.8 Å². The van der Waals surface area contributed by atoms with E-state index in [4.69, 9.17) is 0 Å². The average molecular weight is 451 g/mol. The van der Waals surface area contributed by atoms with Gasteiger partial charge in [-0.2, -0.15) is 0 Å². The van der Waals surface area contributed by atoms with E-state index in [0.29, 0.717) is 16.9 Å². The third-order valence-electron chi connectivity index (χ3n) is 5.63. The van der Waals surface area contributed by atoms with Crippen LogP contribution >= 0.6 is 0 Å². The smallest absolute Gasteiger partial charge is 0.251 e. The summed E-state index contributed by atoms with van der Waals surface area (Å²) in [6.45, 7) is 5.60. The lowest BCUT2D eigenvalue weighted by atomic mass is 9.95. The van der Waals surface area contributed by atoms with Crippen molar-refractivity contribution in [3.63, 3.8) is 0 Å². The van der Waals surface area contributed by atoms with E-state index >= 15 is 0 Å². The van der Waals surface area contributed by atoms with Crippen molar-refractivity contribution in [1.82, 2.24) is 5.32 Å². The SMILES string of the molecule is CC(C)(C)C(=O)Nc1cccc(NC(=O)CNc2ccc(C(=O)NC3CCCCC3)cc2)c1. The monoisotopic (exact) mass is 450 g/mol. The topological polar surface area (TPSA) is 99.3 Å². The van der Waals surface area contributed by atoms with Gasteiger partial charge in [0.2, 0.25) is 11.8 Å². The van der Waals surface area contributed by atoms with Crippen LogP contribution in [0.1, 0.15) is 63.2 Å². The van der Waals surface area contributed by atoms with Gasteiger partial charge in [-0.25, -0.2) is 0 Å². The molecule has 0 saturated heterocycles. The van der Waals surface area contributed by atoms with Crippen LogP contribution in [0.5, 0.6) is 0 Å². The lowest BCUT2D eigenvalue weighted by molar-refractivity contribution is -0.123. The Bertz CT molecular complexity index is 974. The van der Waals surface area contributed by atoms with Crippen LogP contribution in [0.3, 0.4) is 0 Å². The lowest BCUT2D eigenvalue weighted by Gasteiger charge is -2.22. The minimum atomic E-state index is -0.505. The second-order valence-corrected chi connectivity index (χ2v) is 9.57. The van der Waals surface area contributed by atoms with Crippen LogP contribution in [-0.4, -0.2) is 30.3 Å². The molecule has 1 aliphatic carbocycles. The number of benzene rings is 2. The predicted octanol–water partition coefficient (Wildman–Crippen LogP) is 4.78. The molecule has 2 aromatic carbocycles. The first-order valence-electron chi connectivity index (χ1n) is 11.6. The zero-order valence-corrected chi connectivity index (χ0v) is 19.7. The van der Waals surface area contributed by atoms with Crippen molar-refractivity contribution >= 4 is 34.8 Å². The molecule has 1 aliphatic rings. The Morgan fingerprint density at radius 3 is 2.12 bits per heavy atom. The minimum absolute atomic E-state index is 0.0513. The Hall–Kier alpha value is -3.35. The van der Waals surface area contributed by atoms with Gasteiger partial charge in [0.25, 0.3) is 5.91 Å². The fraction of sp³-hybridized carbons (Fsp3) is 0.423. The number of nitrogens with one attached hydrogen (secondary N) is 4. The molecule has 7 nitrogen and oxygen atoms in total. The van der Waals surface area contributed by atoms with E-state index in [0.717, 1.165) is 18.5 Å². The molecule has 0 atom stereocenters. The van der Waals surface area contributed by atoms with E-state index in [9.17, 15) is 14.4 Å². The van der Waals surface area contributed by atoms with E-state index in [-0.39, 0.29) is 30.3 Å². The molecule has 0 heterocycles. The van der Waals surface area contributed by atoms with E-state index in [1.165, 1.54) is 19.3 Å². The molecule has 2 aromatic rings. The number of anilines is 3. The summed E-state index contributed by atoms with van der Waals surface area (Å²) in [6.07, 6.45) is 5.69. The fourth-order valence-corrected chi connectivity index (χ4v) is 3.64. The van der Waals surface area contributed by atoms with Crippen molar-refractivity contribution in [2.24, 2.45) is 5.41 Å². The molecule has 0 spiro atoms. The molecule has 0 aromatic heterocycles. The summed E-state index contributed by atoms with van der Waals surface area (Å²) in [5.74, 6) is -0.360. The van der Waals surface area contributed by atoms with Gasteiger partial charge in [-0.05, 0) is 55.3 Å². The number of carbonyl (C=O) groups is 3. The molecular weight excluding hydrogens is 416 g/mol. The van der Waals surface area contributed by atoms with Crippen molar-refractivity contribution in [2.45, 2.75) is 58.9 Å². The van der Waals surface area contributed by atoms with E-state index < -0.39 is 5.41 Å². The zero-order valence-electron chi connectivity index (χ0n) is 19.7. The van der Waals surface area contributed by atoms with Gasteiger partial charge in [-0.1, -0.05) is 46.1 Å². The number of amides is 3. The molecular formula is C26H34N4O3. The molecule has 0 unspecified atom stereocenters. The zero-order chi connectivity index (χ0) is 23.8. The summed E-state index contributed by atoms with van der Waals surface area (Å²) < 4.78 is 0. The van der Waals surface area contributed by atoms with Crippen LogP contribution in [0.4, 0.5) is 17.1 Å². The van der Waals surface area contributed by atoms with Crippen LogP contribution in [-0.2, 0) is 9.59 Å². The van der Waals surface area contributed by atoms with Gasteiger partial charge >= 0.3 is 0 Å². The molecule has 3 amide bonds. The maximum Gasteiger partial charge on any atom is 0.251 e. The van der Waals surface area contributed by atoms with Gasteiger partial charge in [-0.15, -0.1) is 0 Å². The minimum Gasteiger partial charge on any atom is -0.376 e. The van der Waals surface area contributed by atoms with Gasteiger partial charge in [0.1, 0.15) is 0 Å². The third kappa shape index (κ3) is 7.63. The molecule has 4 N–H and O–H groups in total. The Balaban J connectivity index is 1.47. The van der Waals surface area contributed by atoms with Gasteiger partial charge in [-0.3, -0.25) is 14.4 Å². The van der Waals surface area contributed by atoms with E-state index in [1.54, 1.807) is 48.5 Å². The summed E-state index contributed by atoms with van der Waals surface area (Å²) in [5, 5.41) is 11.8. The number of rotatable bonds is 7. The molecule has 1 fully saturated rings. The molecule has 3 rings (SSSR count). The number of hydrogen-bond donors (Lipinski definition) is 4. The second kappa shape index (κ2) is 11.0. The van der Waals surface area contributed by atoms with Crippen molar-refractivity contribution in [2.75, 3.05) is 22.5 Å². The highest BCUT2D eigenvalue weighted by Crippen LogP contribution is 2.20. The van der Waals surface area contributed by atoms with Gasteiger partial charge in [0.15, 0.2) is 0 Å². The maximum absolute atomic E-state index is 12.4. The Kier molecular flexibility index (Phi) is 8.09. The highest BCUT2D eigenvalue weighted by molar-refractivity contribution is 5.97. The van der Waals surface area contributed by atoms with Crippen LogP contribution < -0.4 is 21.3 Å². The molecule has 7 heteroatoms. The Morgan fingerprint density at radius 2 is 1.48 bits per heavy atom. The largest absolute Gasteiger partial charge is 0.376 e. The second-order valence-electron chi connectivity index (χ2n) is 9.57. The van der Waals surface area contributed by atoms with E-state index in [2.05, 4.69) is 21.3 Å². The molecule has 33 heavy (non-hydrogen) atoms. The lowest BCUT2D eigenvalue weighted by Crippen LogP contribution is -2.36. The fourth-order valence-electron chi connectivity index (χ4n) is 3.64. The Morgan fingerprint density at radius 1 is 0.848 bits per heavy atom. The first-order valence-corrected chi connectivity index (χ1v) is 11.6. The summed E-state index contributed by atoms with van der Waals surface area (Å²) in [7, 11) is 0. The highest BCUT2D eigenvalue weighted by atomic mass is 16.2. The normalized spacial score (nSPS) is 14.3. The molecule has 0 radical (unpaired) electrons. The van der Waals surface area contributed by atoms with Crippen LogP contribution in [0.15, 0.2) is 48.5 Å². The van der Waals surface area contributed by atoms with Gasteiger partial charge in [0.05, 0.1) is 6.54 Å². The summed E-state index contributed by atoms with van der Waals surface area (Å²) >= 11 is 0. The number of carbonyl (C=O) groups excluding carboxylic acids is 3. The third-order valence-corrected chi connectivity index (χ3v) is 5.63. The van der Waals surface area contributed by atoms with Crippen molar-refractivity contribution in [3.8, 4) is 0 Å². The van der Waals surface area contributed by atoms with Crippen molar-refractivity contribution < 1.29 is 14.4 Å². The molecule has 0 bridgehead atoms. The quantitative estimate of drug-likeness (QED) is 0.488. The van der Waals surface area contributed by atoms with Crippen LogP contribution in [0.25, 0.3) is 0 Å². The summed E-state index contributed by atoms with van der Waals surface area (Å²) in [6, 6.07) is 14.4. The van der Waals surface area contributed by atoms with Gasteiger partial charge in [0, 0.05) is 34.1 Å². The van der Waals surface area contributed by atoms with Crippen LogP contribution in [0, 0.1) is 5.41 Å². The average Bonchev–Trinajstić information content (AvgIpc) is 2.78. The van der Waals surface area contributed by atoms with Crippen LogP contribution in [0.2, 0.25) is 0 Å². The van der Waals surface area contributed by atoms with Gasteiger partial charge < -0.3 is 21.3 Å². The number of hydrogen-bond acceptors (Lipinski definition) is 4. The maximum atomic E-state index is 12.4. The first kappa shape index (κ1) is 24.3. The summed E-state index contributed by atoms with van der Waals surface area (Å²) in [4.78, 5) is 36.9. The van der Waals surface area contributed by atoms with Crippen molar-refractivity contribution in [1.29, 1.82) is 0 Å². The standard InChI is InChI=1S/C26H34N4O3/c1-26(2,3)25(33)30-22-11-7-10-21(16-22)28-23(31)17-27-19-14-12-18(13-15-19)24(32)29-20-8-5-4-6-9-20/h7,10-16,20,27H,4-6,8-9,17H2,1-3H3,(H,28,31)(H,29,32)(H,30,33). The molecule has 0 aliphatic heterocycles.